The number of rotatable bonds is 7. The van der Waals surface area contributed by atoms with Gasteiger partial charge in [-0.25, -0.2) is 9.78 Å². The fraction of sp³-hybridized carbons (Fsp3) is 0.308. The van der Waals surface area contributed by atoms with Gasteiger partial charge in [0.15, 0.2) is 0 Å². The van der Waals surface area contributed by atoms with Crippen molar-refractivity contribution >= 4 is 23.0 Å². The van der Waals surface area contributed by atoms with Crippen LogP contribution in [0.3, 0.4) is 0 Å². The maximum atomic E-state index is 13.0. The van der Waals surface area contributed by atoms with Gasteiger partial charge in [-0.15, -0.1) is 0 Å². The molecule has 0 radical (unpaired) electrons. The lowest BCUT2D eigenvalue weighted by Gasteiger charge is -2.18. The number of benzene rings is 1. The summed E-state index contributed by atoms with van der Waals surface area (Å²) < 4.78 is 6.96. The molecule has 9 heteroatoms. The third-order valence-corrected chi connectivity index (χ3v) is 5.54. The molecule has 1 atom stereocenters. The smallest absolute Gasteiger partial charge is 0.321 e. The van der Waals surface area contributed by atoms with E-state index in [1.807, 2.05) is 57.2 Å². The Hall–Kier alpha value is -3.98. The minimum atomic E-state index is -0.342. The number of aromatic nitrogens is 4. The van der Waals surface area contributed by atoms with E-state index in [1.165, 1.54) is 0 Å². The number of nitrogens with zero attached hydrogens (tertiary/aromatic N) is 3. The van der Waals surface area contributed by atoms with Crippen LogP contribution < -0.4 is 16.2 Å². The molecule has 2 amide bonds. The van der Waals surface area contributed by atoms with Crippen molar-refractivity contribution in [1.82, 2.24) is 24.8 Å². The van der Waals surface area contributed by atoms with Crippen LogP contribution in [0.5, 0.6) is 0 Å². The van der Waals surface area contributed by atoms with Crippen LogP contribution in [-0.2, 0) is 4.74 Å². The van der Waals surface area contributed by atoms with Crippen LogP contribution in [0, 0.1) is 6.92 Å². The first-order valence-electron chi connectivity index (χ1n) is 11.1. The molecule has 3 aromatic heterocycles. The lowest BCUT2D eigenvalue weighted by molar-refractivity contribution is 0.160. The van der Waals surface area contributed by atoms with Crippen molar-refractivity contribution in [3.8, 4) is 22.4 Å². The Balaban J connectivity index is 0.00000342. The van der Waals surface area contributed by atoms with E-state index in [0.29, 0.717) is 24.6 Å². The Kier molecular flexibility index (Phi) is 8.03. The summed E-state index contributed by atoms with van der Waals surface area (Å²) in [4.78, 5) is 37.2. The Morgan fingerprint density at radius 1 is 1.20 bits per heavy atom. The molecule has 184 valence electrons. The van der Waals surface area contributed by atoms with Crippen LogP contribution in [0.4, 0.5) is 10.7 Å². The largest absolute Gasteiger partial charge is 0.383 e. The Labute approximate surface area is 204 Å². The van der Waals surface area contributed by atoms with Gasteiger partial charge in [-0.3, -0.25) is 15.1 Å². The molecule has 0 fully saturated rings. The highest BCUT2D eigenvalue weighted by atomic mass is 16.5. The van der Waals surface area contributed by atoms with E-state index in [4.69, 9.17) is 4.74 Å². The summed E-state index contributed by atoms with van der Waals surface area (Å²) >= 11 is 0. The zero-order valence-corrected chi connectivity index (χ0v) is 19.7. The summed E-state index contributed by atoms with van der Waals surface area (Å²) in [6.07, 6.45) is 1.72. The number of aryl methyl sites for hydroxylation is 1. The predicted molar refractivity (Wildman–Crippen MR) is 140 cm³/mol. The average molecular weight is 477 g/mol. The number of carbonyl (C=O) groups is 1. The van der Waals surface area contributed by atoms with Gasteiger partial charge < -0.3 is 19.6 Å². The molecule has 4 rings (SSSR count). The van der Waals surface area contributed by atoms with Crippen molar-refractivity contribution < 1.29 is 9.53 Å². The Morgan fingerprint density at radius 3 is 2.63 bits per heavy atom. The number of imidazole rings is 1. The number of methoxy groups -OCH3 is 1. The van der Waals surface area contributed by atoms with Crippen LogP contribution in [0.1, 0.15) is 33.0 Å². The van der Waals surface area contributed by atoms with Gasteiger partial charge in [0.05, 0.1) is 29.4 Å². The molecule has 9 nitrogen and oxygen atoms in total. The molecule has 3 N–H and O–H groups in total. The number of ether oxygens (including phenoxy) is 1. The van der Waals surface area contributed by atoms with Crippen molar-refractivity contribution in [2.24, 2.45) is 0 Å². The number of hydrogen-bond donors (Lipinski definition) is 3. The average Bonchev–Trinajstić information content (AvgIpc) is 3.21. The molecule has 4 aromatic rings. The lowest BCUT2D eigenvalue weighted by Crippen LogP contribution is -2.28. The van der Waals surface area contributed by atoms with Crippen molar-refractivity contribution in [1.29, 1.82) is 0 Å². The number of nitrogens with one attached hydrogen (secondary N) is 3. The third kappa shape index (κ3) is 5.41. The van der Waals surface area contributed by atoms with Gasteiger partial charge in [-0.2, -0.15) is 0 Å². The number of amides is 2. The number of pyridine rings is 2. The second-order valence-electron chi connectivity index (χ2n) is 8.10. The van der Waals surface area contributed by atoms with Crippen molar-refractivity contribution in [3.63, 3.8) is 0 Å². The van der Waals surface area contributed by atoms with Crippen LogP contribution >= 0.6 is 0 Å². The Bertz CT molecular complexity index is 1380. The van der Waals surface area contributed by atoms with Gasteiger partial charge in [0.2, 0.25) is 5.95 Å². The maximum Gasteiger partial charge on any atom is 0.321 e. The van der Waals surface area contributed by atoms with Gasteiger partial charge in [-0.1, -0.05) is 13.5 Å². The molecule has 0 saturated carbocycles. The number of fused-ring (bicyclic) bond motifs is 1. The van der Waals surface area contributed by atoms with Gasteiger partial charge in [0.25, 0.3) is 5.56 Å². The molecule has 0 spiro atoms. The van der Waals surface area contributed by atoms with Gasteiger partial charge in [-0.05, 0) is 62.2 Å². The first-order valence-corrected chi connectivity index (χ1v) is 11.1. The predicted octanol–water partition coefficient (Wildman–Crippen LogP) is 4.75. The molecular weight excluding hydrogens is 444 g/mol. The highest BCUT2D eigenvalue weighted by Gasteiger charge is 2.16. The Morgan fingerprint density at radius 2 is 1.97 bits per heavy atom. The molecule has 1 unspecified atom stereocenters. The maximum absolute atomic E-state index is 13.0. The SMILES string of the molecule is C.CCNC(=O)Nc1nc2c(-c3ccccn3)cc(-c3cc(C)n(C(C)COC)c(=O)c3)cc2[nH]1. The zero-order chi connectivity index (χ0) is 24.2. The molecule has 0 aliphatic carbocycles. The standard InChI is InChI=1S/C25H28N6O3.CH4/c1-5-26-25(33)30-24-28-21-12-18(11-19(23(21)29-24)20-8-6-7-9-27-20)17-10-15(2)31(22(32)13-17)16(3)14-34-4;/h6-13,16H,5,14H2,1-4H3,(H3,26,28,29,30,33);1H4. The molecule has 3 heterocycles. The summed E-state index contributed by atoms with van der Waals surface area (Å²) in [5.41, 5.74) is 5.31. The number of carbonyl (C=O) groups excluding carboxylic acids is 1. The van der Waals surface area contributed by atoms with Crippen LogP contribution in [0.15, 0.2) is 53.5 Å². The highest BCUT2D eigenvalue weighted by molar-refractivity contribution is 5.98. The topological polar surface area (TPSA) is 114 Å². The van der Waals surface area contributed by atoms with Gasteiger partial charge >= 0.3 is 6.03 Å². The molecule has 0 saturated heterocycles. The monoisotopic (exact) mass is 476 g/mol. The summed E-state index contributed by atoms with van der Waals surface area (Å²) in [5.74, 6) is 0.329. The fourth-order valence-corrected chi connectivity index (χ4v) is 4.13. The quantitative estimate of drug-likeness (QED) is 0.356. The van der Waals surface area contributed by atoms with Gasteiger partial charge in [0, 0.05) is 37.2 Å². The number of hydrogen-bond acceptors (Lipinski definition) is 5. The van der Waals surface area contributed by atoms with E-state index in [2.05, 4.69) is 25.6 Å². The first kappa shape index (κ1) is 25.6. The summed E-state index contributed by atoms with van der Waals surface area (Å²) in [7, 11) is 1.62. The van der Waals surface area contributed by atoms with E-state index < -0.39 is 0 Å². The number of urea groups is 1. The van der Waals surface area contributed by atoms with Crippen LogP contribution in [0.2, 0.25) is 0 Å². The number of H-pyrrole nitrogens is 1. The second-order valence-corrected chi connectivity index (χ2v) is 8.10. The van der Waals surface area contributed by atoms with E-state index >= 15 is 0 Å². The van der Waals surface area contributed by atoms with E-state index in [-0.39, 0.29) is 25.1 Å². The van der Waals surface area contributed by atoms with E-state index in [0.717, 1.165) is 33.6 Å². The zero-order valence-electron chi connectivity index (χ0n) is 19.7. The molecule has 0 aliphatic rings. The van der Waals surface area contributed by atoms with Crippen molar-refractivity contribution in [2.75, 3.05) is 25.6 Å². The molecule has 0 aliphatic heterocycles. The molecular formula is C26H32N6O3. The highest BCUT2D eigenvalue weighted by Crippen LogP contribution is 2.33. The van der Waals surface area contributed by atoms with Gasteiger partial charge in [0.1, 0.15) is 0 Å². The summed E-state index contributed by atoms with van der Waals surface area (Å²) in [6, 6.07) is 12.8. The second kappa shape index (κ2) is 11.0. The number of aromatic amines is 1. The van der Waals surface area contributed by atoms with E-state index in [9.17, 15) is 9.59 Å². The fourth-order valence-electron chi connectivity index (χ4n) is 4.13. The van der Waals surface area contributed by atoms with Crippen molar-refractivity contribution in [3.05, 3.63) is 64.7 Å². The molecule has 35 heavy (non-hydrogen) atoms. The van der Waals surface area contributed by atoms with E-state index in [1.54, 1.807) is 23.9 Å². The summed E-state index contributed by atoms with van der Waals surface area (Å²) in [6.45, 7) is 6.67. The third-order valence-electron chi connectivity index (χ3n) is 5.54. The minimum absolute atomic E-state index is 0. The first-order chi connectivity index (χ1) is 16.4. The molecule has 1 aromatic carbocycles. The minimum Gasteiger partial charge on any atom is -0.383 e. The normalized spacial score (nSPS) is 11.7. The lowest BCUT2D eigenvalue weighted by atomic mass is 9.99. The van der Waals surface area contributed by atoms with Crippen LogP contribution in [0.25, 0.3) is 33.4 Å². The number of anilines is 1. The molecule has 0 bridgehead atoms. The van der Waals surface area contributed by atoms with Crippen LogP contribution in [-0.4, -0.2) is 45.8 Å². The van der Waals surface area contributed by atoms with Crippen molar-refractivity contribution in [2.45, 2.75) is 34.2 Å². The summed E-state index contributed by atoms with van der Waals surface area (Å²) in [5, 5.41) is 5.41.